The van der Waals surface area contributed by atoms with Gasteiger partial charge in [-0.3, -0.25) is 9.69 Å². The molecule has 37 heavy (non-hydrogen) atoms. The van der Waals surface area contributed by atoms with E-state index < -0.39 is 0 Å². The van der Waals surface area contributed by atoms with Crippen LogP contribution in [0.5, 0.6) is 5.88 Å². The second-order valence-corrected chi connectivity index (χ2v) is 10.3. The molecule has 0 N–H and O–H groups in total. The molecule has 1 atom stereocenters. The van der Waals surface area contributed by atoms with Gasteiger partial charge >= 0.3 is 0 Å². The molecule has 2 fully saturated rings. The maximum Gasteiger partial charge on any atom is 0.259 e. The van der Waals surface area contributed by atoms with Crippen molar-refractivity contribution in [1.82, 2.24) is 19.4 Å². The van der Waals surface area contributed by atoms with E-state index in [1.807, 2.05) is 52.8 Å². The lowest BCUT2D eigenvalue weighted by atomic mass is 10.1. The monoisotopic (exact) mass is 528 g/mol. The van der Waals surface area contributed by atoms with Crippen molar-refractivity contribution in [1.29, 1.82) is 0 Å². The molecule has 1 saturated carbocycles. The first-order valence-electron chi connectivity index (χ1n) is 12.7. The zero-order valence-corrected chi connectivity index (χ0v) is 23.6. The molecule has 0 amide bonds. The first-order valence-corrected chi connectivity index (χ1v) is 13.5. The van der Waals surface area contributed by atoms with Crippen molar-refractivity contribution in [2.75, 3.05) is 33.3 Å². The van der Waals surface area contributed by atoms with E-state index in [4.69, 9.17) is 14.3 Å². The number of aryl methyl sites for hydroxylation is 1. The number of pyridine rings is 2. The van der Waals surface area contributed by atoms with E-state index in [2.05, 4.69) is 34.8 Å². The standard InChI is InChI=1S/C24H30N4O2S.C2H6.2CH2O/c1-16-12-26(2)8-9-28(16)13-19-11-20-23(31-19)21(14-27(3)24(20)29)18-6-7-25-22(10-18)30-15-17-4-5-17;3*1-2/h6-7,10-11,14,16-17H,4-5,8-9,12-13,15H2,1-3H3;1-2H3;2*1H2/t16-;;;/m1.../s1. The van der Waals surface area contributed by atoms with Crippen molar-refractivity contribution in [3.05, 3.63) is 45.8 Å². The van der Waals surface area contributed by atoms with Crippen LogP contribution in [0.3, 0.4) is 0 Å². The molecule has 1 saturated heterocycles. The van der Waals surface area contributed by atoms with Gasteiger partial charge in [-0.05, 0) is 50.4 Å². The number of likely N-dealkylation sites (N-methyl/N-ethyl adjacent to an activating group) is 1. The number of carbonyl (C=O) groups is 2. The highest BCUT2D eigenvalue weighted by Gasteiger charge is 2.24. The molecule has 0 radical (unpaired) electrons. The summed E-state index contributed by atoms with van der Waals surface area (Å²) >= 11 is 1.74. The molecule has 4 heterocycles. The van der Waals surface area contributed by atoms with Crippen LogP contribution in [0, 0.1) is 5.92 Å². The zero-order chi connectivity index (χ0) is 27.5. The number of thiophene rings is 1. The summed E-state index contributed by atoms with van der Waals surface area (Å²) in [7, 11) is 4.01. The van der Waals surface area contributed by atoms with Gasteiger partial charge in [0, 0.05) is 72.9 Å². The van der Waals surface area contributed by atoms with Crippen molar-refractivity contribution < 1.29 is 14.3 Å². The third-order valence-electron chi connectivity index (χ3n) is 6.44. The molecule has 8 nitrogen and oxygen atoms in total. The molecule has 1 aliphatic heterocycles. The molecule has 3 aromatic rings. The van der Waals surface area contributed by atoms with E-state index in [9.17, 15) is 4.79 Å². The average Bonchev–Trinajstić information content (AvgIpc) is 3.67. The molecule has 0 unspecified atom stereocenters. The molecule has 0 bridgehead atoms. The number of piperazine rings is 1. The number of ether oxygens (including phenoxy) is 1. The molecule has 3 aromatic heterocycles. The number of fused-ring (bicyclic) bond motifs is 1. The van der Waals surface area contributed by atoms with Gasteiger partial charge in [0.15, 0.2) is 0 Å². The fraction of sp³-hybridized carbons (Fsp3) is 0.500. The van der Waals surface area contributed by atoms with E-state index in [1.54, 1.807) is 22.1 Å². The van der Waals surface area contributed by atoms with Crippen molar-refractivity contribution in [3.8, 4) is 17.0 Å². The van der Waals surface area contributed by atoms with Crippen LogP contribution in [-0.2, 0) is 23.2 Å². The second kappa shape index (κ2) is 14.8. The normalized spacial score (nSPS) is 17.5. The second-order valence-electron chi connectivity index (χ2n) is 9.13. The predicted molar refractivity (Wildman–Crippen MR) is 151 cm³/mol. The molecular formula is C28H40N4O4S. The summed E-state index contributed by atoms with van der Waals surface area (Å²) in [4.78, 5) is 39.4. The quantitative estimate of drug-likeness (QED) is 0.473. The highest BCUT2D eigenvalue weighted by atomic mass is 32.1. The Morgan fingerprint density at radius 3 is 2.46 bits per heavy atom. The number of aromatic nitrogens is 2. The highest BCUT2D eigenvalue weighted by Crippen LogP contribution is 2.35. The SMILES string of the molecule is C=O.C=O.CC.C[C@@H]1CN(C)CCN1Cc1cc2c(=O)n(C)cc(-c3ccnc(OCC4CC4)c3)c2s1. The minimum absolute atomic E-state index is 0.0620. The van der Waals surface area contributed by atoms with Gasteiger partial charge in [0.05, 0.1) is 12.0 Å². The van der Waals surface area contributed by atoms with Crippen molar-refractivity contribution in [2.24, 2.45) is 13.0 Å². The molecule has 5 rings (SSSR count). The maximum atomic E-state index is 12.9. The minimum atomic E-state index is 0.0620. The Labute approximate surface area is 223 Å². The number of hydrogen-bond acceptors (Lipinski definition) is 8. The molecule has 0 aromatic carbocycles. The molecule has 202 valence electrons. The Morgan fingerprint density at radius 1 is 1.11 bits per heavy atom. The van der Waals surface area contributed by atoms with E-state index >= 15 is 0 Å². The first-order chi connectivity index (χ1) is 18.0. The van der Waals surface area contributed by atoms with Crippen LogP contribution >= 0.6 is 11.3 Å². The lowest BCUT2D eigenvalue weighted by Gasteiger charge is -2.37. The Kier molecular flexibility index (Phi) is 12.1. The third kappa shape index (κ3) is 7.80. The summed E-state index contributed by atoms with van der Waals surface area (Å²) in [6, 6.07) is 6.62. The summed E-state index contributed by atoms with van der Waals surface area (Å²) in [6.07, 6.45) is 6.26. The average molecular weight is 529 g/mol. The van der Waals surface area contributed by atoms with Crippen LogP contribution in [0.2, 0.25) is 0 Å². The molecule has 1 aliphatic carbocycles. The Balaban J connectivity index is 0.000000750. The summed E-state index contributed by atoms with van der Waals surface area (Å²) < 4.78 is 8.64. The van der Waals surface area contributed by atoms with Gasteiger partial charge in [0.2, 0.25) is 5.88 Å². The summed E-state index contributed by atoms with van der Waals surface area (Å²) in [6.45, 7) is 15.1. The number of carbonyl (C=O) groups excluding carboxylic acids is 2. The van der Waals surface area contributed by atoms with Crippen molar-refractivity contribution in [2.45, 2.75) is 46.2 Å². The van der Waals surface area contributed by atoms with Crippen LogP contribution in [0.4, 0.5) is 0 Å². The van der Waals surface area contributed by atoms with Crippen LogP contribution in [0.1, 0.15) is 38.5 Å². The Hall–Kier alpha value is -2.88. The maximum absolute atomic E-state index is 12.9. The number of hydrogen-bond donors (Lipinski definition) is 0. The smallest absolute Gasteiger partial charge is 0.259 e. The fourth-order valence-corrected chi connectivity index (χ4v) is 5.55. The number of nitrogens with zero attached hydrogens (tertiary/aromatic N) is 4. The van der Waals surface area contributed by atoms with Gasteiger partial charge in [-0.15, -0.1) is 11.3 Å². The van der Waals surface area contributed by atoms with E-state index in [0.29, 0.717) is 17.8 Å². The van der Waals surface area contributed by atoms with Gasteiger partial charge in [-0.1, -0.05) is 13.8 Å². The van der Waals surface area contributed by atoms with E-state index in [1.165, 1.54) is 17.7 Å². The molecule has 9 heteroatoms. The largest absolute Gasteiger partial charge is 0.477 e. The Bertz CT molecular complexity index is 1190. The van der Waals surface area contributed by atoms with E-state index in [0.717, 1.165) is 54.0 Å². The van der Waals surface area contributed by atoms with Gasteiger partial charge in [0.25, 0.3) is 5.56 Å². The van der Waals surface area contributed by atoms with Crippen LogP contribution in [-0.4, -0.2) is 72.3 Å². The lowest BCUT2D eigenvalue weighted by Crippen LogP contribution is -2.49. The fourth-order valence-electron chi connectivity index (χ4n) is 4.34. The van der Waals surface area contributed by atoms with Crippen molar-refractivity contribution in [3.63, 3.8) is 0 Å². The summed E-state index contributed by atoms with van der Waals surface area (Å²) in [5, 5.41) is 0.805. The van der Waals surface area contributed by atoms with Crippen LogP contribution in [0.25, 0.3) is 21.2 Å². The summed E-state index contributed by atoms with van der Waals surface area (Å²) in [5.74, 6) is 1.35. The van der Waals surface area contributed by atoms with Gasteiger partial charge in [-0.25, -0.2) is 4.98 Å². The topological polar surface area (TPSA) is 84.7 Å². The van der Waals surface area contributed by atoms with Crippen molar-refractivity contribution >= 4 is 35.0 Å². The predicted octanol–water partition coefficient (Wildman–Crippen LogP) is 4.24. The molecular weight excluding hydrogens is 488 g/mol. The molecule has 2 aliphatic rings. The summed E-state index contributed by atoms with van der Waals surface area (Å²) in [5.41, 5.74) is 2.17. The van der Waals surface area contributed by atoms with Gasteiger partial charge < -0.3 is 23.8 Å². The van der Waals surface area contributed by atoms with Crippen LogP contribution in [0.15, 0.2) is 35.4 Å². The lowest BCUT2D eigenvalue weighted by molar-refractivity contribution is -0.0987. The van der Waals surface area contributed by atoms with Gasteiger partial charge in [-0.2, -0.15) is 0 Å². The third-order valence-corrected chi connectivity index (χ3v) is 7.59. The minimum Gasteiger partial charge on any atom is -0.477 e. The van der Waals surface area contributed by atoms with Gasteiger partial charge in [0.1, 0.15) is 13.6 Å². The Morgan fingerprint density at radius 2 is 1.81 bits per heavy atom. The number of rotatable bonds is 6. The van der Waals surface area contributed by atoms with Crippen LogP contribution < -0.4 is 10.3 Å². The molecule has 0 spiro atoms. The van der Waals surface area contributed by atoms with E-state index in [-0.39, 0.29) is 5.56 Å². The zero-order valence-electron chi connectivity index (χ0n) is 22.7. The first kappa shape index (κ1) is 30.3. The highest BCUT2D eigenvalue weighted by molar-refractivity contribution is 7.19.